The van der Waals surface area contributed by atoms with Crippen LogP contribution in [0.5, 0.6) is 0 Å². The van der Waals surface area contributed by atoms with Crippen LogP contribution in [0.15, 0.2) is 0 Å². The van der Waals surface area contributed by atoms with E-state index in [1.165, 1.54) is 7.11 Å². The fourth-order valence-electron chi connectivity index (χ4n) is 3.17. The lowest BCUT2D eigenvalue weighted by molar-refractivity contribution is -0.151. The fourth-order valence-corrected chi connectivity index (χ4v) is 3.17. The summed E-state index contributed by atoms with van der Waals surface area (Å²) in [6.07, 6.45) is 2.33. The molecule has 0 aliphatic heterocycles. The molecule has 2 unspecified atom stereocenters. The third kappa shape index (κ3) is 1.17. The van der Waals surface area contributed by atoms with Gasteiger partial charge in [-0.15, -0.1) is 0 Å². The number of hydroxylamine groups is 1. The highest BCUT2D eigenvalue weighted by Gasteiger charge is 2.65. The standard InChI is InChI=1S/C11H17NO3/c1-10(2)7-4-5-11(6-7,8(10)13)9(14)12-15-3/h7H,4-6H2,1-3H3,(H,12,14). The van der Waals surface area contributed by atoms with Crippen molar-refractivity contribution in [2.45, 2.75) is 33.1 Å². The van der Waals surface area contributed by atoms with Crippen molar-refractivity contribution in [1.29, 1.82) is 0 Å². The van der Waals surface area contributed by atoms with Crippen LogP contribution in [0.1, 0.15) is 33.1 Å². The number of nitrogens with one attached hydrogen (secondary N) is 1. The van der Waals surface area contributed by atoms with Gasteiger partial charge in [-0.05, 0) is 25.2 Å². The summed E-state index contributed by atoms with van der Waals surface area (Å²) >= 11 is 0. The number of amides is 1. The van der Waals surface area contributed by atoms with E-state index in [1.807, 2.05) is 13.8 Å². The van der Waals surface area contributed by atoms with Gasteiger partial charge in [0.05, 0.1) is 7.11 Å². The van der Waals surface area contributed by atoms with E-state index in [0.717, 1.165) is 6.42 Å². The van der Waals surface area contributed by atoms with Crippen molar-refractivity contribution in [3.8, 4) is 0 Å². The van der Waals surface area contributed by atoms with Crippen molar-refractivity contribution in [2.24, 2.45) is 16.7 Å². The van der Waals surface area contributed by atoms with Crippen molar-refractivity contribution < 1.29 is 14.4 Å². The van der Waals surface area contributed by atoms with Crippen molar-refractivity contribution in [3.05, 3.63) is 0 Å². The normalized spacial score (nSPS) is 37.0. The van der Waals surface area contributed by atoms with E-state index in [0.29, 0.717) is 18.8 Å². The van der Waals surface area contributed by atoms with Crippen LogP contribution in [0.4, 0.5) is 0 Å². The van der Waals surface area contributed by atoms with Gasteiger partial charge in [-0.3, -0.25) is 14.4 Å². The number of hydrogen-bond donors (Lipinski definition) is 1. The first-order chi connectivity index (χ1) is 6.95. The summed E-state index contributed by atoms with van der Waals surface area (Å²) in [5.74, 6) is 0.177. The van der Waals surface area contributed by atoms with E-state index in [9.17, 15) is 9.59 Å². The van der Waals surface area contributed by atoms with Gasteiger partial charge < -0.3 is 0 Å². The molecule has 2 bridgehead atoms. The highest BCUT2D eigenvalue weighted by molar-refractivity contribution is 6.10. The van der Waals surface area contributed by atoms with E-state index in [-0.39, 0.29) is 17.1 Å². The predicted octanol–water partition coefficient (Wildman–Crippen LogP) is 1.06. The largest absolute Gasteiger partial charge is 0.298 e. The van der Waals surface area contributed by atoms with Crippen molar-refractivity contribution in [1.82, 2.24) is 5.48 Å². The highest BCUT2D eigenvalue weighted by Crippen LogP contribution is 2.60. The molecule has 2 aliphatic carbocycles. The average molecular weight is 211 g/mol. The monoisotopic (exact) mass is 211 g/mol. The van der Waals surface area contributed by atoms with Crippen LogP contribution in [0.2, 0.25) is 0 Å². The second kappa shape index (κ2) is 3.04. The maximum absolute atomic E-state index is 12.2. The van der Waals surface area contributed by atoms with Crippen LogP contribution >= 0.6 is 0 Å². The quantitative estimate of drug-likeness (QED) is 0.549. The van der Waals surface area contributed by atoms with E-state index in [2.05, 4.69) is 10.3 Å². The average Bonchev–Trinajstić information content (AvgIpc) is 2.68. The molecule has 0 saturated heterocycles. The molecule has 2 saturated carbocycles. The molecular weight excluding hydrogens is 194 g/mol. The molecule has 1 amide bonds. The van der Waals surface area contributed by atoms with Crippen molar-refractivity contribution in [2.75, 3.05) is 7.11 Å². The minimum Gasteiger partial charge on any atom is -0.298 e. The summed E-state index contributed by atoms with van der Waals surface area (Å²) < 4.78 is 0. The zero-order valence-corrected chi connectivity index (χ0v) is 9.42. The molecule has 2 aliphatic rings. The Kier molecular flexibility index (Phi) is 2.15. The lowest BCUT2D eigenvalue weighted by Crippen LogP contribution is -2.47. The van der Waals surface area contributed by atoms with Crippen molar-refractivity contribution >= 4 is 11.7 Å². The van der Waals surface area contributed by atoms with Gasteiger partial charge in [0.25, 0.3) is 5.91 Å². The maximum Gasteiger partial charge on any atom is 0.257 e. The molecule has 0 aromatic carbocycles. The first-order valence-corrected chi connectivity index (χ1v) is 5.33. The molecule has 0 radical (unpaired) electrons. The molecule has 2 rings (SSSR count). The highest BCUT2D eigenvalue weighted by atomic mass is 16.6. The number of Topliss-reactive ketones (excluding diaryl/α,β-unsaturated/α-hetero) is 1. The summed E-state index contributed by atoms with van der Waals surface area (Å²) in [5, 5.41) is 0. The fraction of sp³-hybridized carbons (Fsp3) is 0.818. The predicted molar refractivity (Wildman–Crippen MR) is 53.7 cm³/mol. The first kappa shape index (κ1) is 10.6. The lowest BCUT2D eigenvalue weighted by Gasteiger charge is -2.32. The molecule has 2 fully saturated rings. The van der Waals surface area contributed by atoms with Crippen LogP contribution in [-0.4, -0.2) is 18.8 Å². The Labute approximate surface area is 89.3 Å². The summed E-state index contributed by atoms with van der Waals surface area (Å²) in [7, 11) is 1.39. The van der Waals surface area contributed by atoms with Gasteiger partial charge >= 0.3 is 0 Å². The second-order valence-electron chi connectivity index (χ2n) is 5.21. The second-order valence-corrected chi connectivity index (χ2v) is 5.21. The summed E-state index contributed by atoms with van der Waals surface area (Å²) in [4.78, 5) is 28.7. The Balaban J connectivity index is 2.31. The van der Waals surface area contributed by atoms with Gasteiger partial charge in [-0.1, -0.05) is 13.8 Å². The Morgan fingerprint density at radius 3 is 2.67 bits per heavy atom. The van der Waals surface area contributed by atoms with Crippen LogP contribution in [0, 0.1) is 16.7 Å². The summed E-state index contributed by atoms with van der Waals surface area (Å²) in [6, 6.07) is 0. The molecule has 84 valence electrons. The topological polar surface area (TPSA) is 55.4 Å². The molecule has 15 heavy (non-hydrogen) atoms. The third-order valence-electron chi connectivity index (χ3n) is 4.18. The van der Waals surface area contributed by atoms with Gasteiger partial charge in [-0.25, -0.2) is 5.48 Å². The van der Waals surface area contributed by atoms with Gasteiger partial charge in [0.1, 0.15) is 5.41 Å². The molecule has 0 spiro atoms. The molecule has 4 nitrogen and oxygen atoms in total. The minimum absolute atomic E-state index is 0.0841. The molecule has 0 heterocycles. The van der Waals surface area contributed by atoms with E-state index < -0.39 is 5.41 Å². The van der Waals surface area contributed by atoms with E-state index >= 15 is 0 Å². The number of carbonyl (C=O) groups excluding carboxylic acids is 2. The third-order valence-corrected chi connectivity index (χ3v) is 4.18. The lowest BCUT2D eigenvalue weighted by atomic mass is 9.70. The summed E-state index contributed by atoms with van der Waals surface area (Å²) in [5.41, 5.74) is 1.17. The van der Waals surface area contributed by atoms with Crippen LogP contribution in [0.3, 0.4) is 0 Å². The Bertz CT molecular complexity index is 324. The molecule has 4 heteroatoms. The molecule has 1 N–H and O–H groups in total. The van der Waals surface area contributed by atoms with Crippen LogP contribution in [-0.2, 0) is 14.4 Å². The first-order valence-electron chi connectivity index (χ1n) is 5.33. The zero-order chi connectivity index (χ0) is 11.3. The number of ketones is 1. The molecule has 0 aromatic heterocycles. The molecule has 2 atom stereocenters. The van der Waals surface area contributed by atoms with Crippen LogP contribution in [0.25, 0.3) is 0 Å². The molecular formula is C11H17NO3. The van der Waals surface area contributed by atoms with E-state index in [1.54, 1.807) is 0 Å². The Morgan fingerprint density at radius 2 is 2.20 bits per heavy atom. The Morgan fingerprint density at radius 1 is 1.53 bits per heavy atom. The zero-order valence-electron chi connectivity index (χ0n) is 9.42. The van der Waals surface area contributed by atoms with Crippen LogP contribution < -0.4 is 5.48 Å². The SMILES string of the molecule is CONC(=O)C12CCC(C1)C(C)(C)C2=O. The number of carbonyl (C=O) groups is 2. The van der Waals surface area contributed by atoms with Gasteiger partial charge in [-0.2, -0.15) is 0 Å². The number of rotatable bonds is 2. The Hall–Kier alpha value is -0.900. The van der Waals surface area contributed by atoms with Crippen molar-refractivity contribution in [3.63, 3.8) is 0 Å². The summed E-state index contributed by atoms with van der Waals surface area (Å²) in [6.45, 7) is 3.89. The number of hydrogen-bond acceptors (Lipinski definition) is 3. The minimum atomic E-state index is -0.801. The molecule has 0 aromatic rings. The number of fused-ring (bicyclic) bond motifs is 2. The smallest absolute Gasteiger partial charge is 0.257 e. The van der Waals surface area contributed by atoms with E-state index in [4.69, 9.17) is 0 Å². The van der Waals surface area contributed by atoms with Gasteiger partial charge in [0, 0.05) is 5.41 Å². The van der Waals surface area contributed by atoms with Gasteiger partial charge in [0.15, 0.2) is 5.78 Å². The maximum atomic E-state index is 12.2. The van der Waals surface area contributed by atoms with Gasteiger partial charge in [0.2, 0.25) is 0 Å².